The van der Waals surface area contributed by atoms with E-state index in [2.05, 4.69) is 116 Å². The van der Waals surface area contributed by atoms with Gasteiger partial charge in [0.2, 0.25) is 5.91 Å². The number of nitrogens with one attached hydrogen (secondary N) is 3. The molecule has 3 saturated carbocycles. The summed E-state index contributed by atoms with van der Waals surface area (Å²) in [5.41, 5.74) is 13.5. The number of amides is 3. The molecule has 10 rings (SSSR count). The number of methoxy groups -OCH3 is 2. The SMILES string of the molecule is COC(=O)N[C@@H](C(C)C)C(C)N1C2CCC(C2)[C@H]1/C(C)=N/C=C(\C)c1ccc(-c2ccc(-c3ccc4nc([C@@H]5C6CCC(C6)N5C(=O)[C@@H](NC(=O)OC)C(C)C)[nH]c4c3)c3c2C2CCC3C2)cc1. The lowest BCUT2D eigenvalue weighted by Gasteiger charge is -2.43. The Labute approximate surface area is 402 Å². The van der Waals surface area contributed by atoms with Gasteiger partial charge in [0, 0.05) is 36.1 Å². The average Bonchev–Trinajstić information content (AvgIpc) is 4.23. The highest BCUT2D eigenvalue weighted by molar-refractivity contribution is 5.90. The summed E-state index contributed by atoms with van der Waals surface area (Å²) < 4.78 is 9.90. The molecule has 3 N–H and O–H groups in total. The van der Waals surface area contributed by atoms with Gasteiger partial charge in [-0.2, -0.15) is 0 Å². The number of carbonyl (C=O) groups is 3. The molecule has 12 nitrogen and oxygen atoms in total. The smallest absolute Gasteiger partial charge is 0.407 e. The number of imidazole rings is 1. The van der Waals surface area contributed by atoms with Crippen LogP contribution in [0.5, 0.6) is 0 Å². The van der Waals surface area contributed by atoms with Crippen molar-refractivity contribution in [3.05, 3.63) is 83.3 Å². The van der Waals surface area contributed by atoms with Crippen LogP contribution in [0.1, 0.15) is 147 Å². The van der Waals surface area contributed by atoms with Crippen LogP contribution in [-0.4, -0.2) is 94.0 Å². The third-order valence-corrected chi connectivity index (χ3v) is 17.2. The minimum Gasteiger partial charge on any atom is -0.453 e. The molecule has 0 radical (unpaired) electrons. The number of rotatable bonds is 13. The number of nitrogens with zero attached hydrogens (tertiary/aromatic N) is 4. The topological polar surface area (TPSA) is 141 Å². The Morgan fingerprint density at radius 1 is 0.750 bits per heavy atom. The maximum Gasteiger partial charge on any atom is 0.407 e. The van der Waals surface area contributed by atoms with Crippen LogP contribution in [0, 0.1) is 23.7 Å². The maximum absolute atomic E-state index is 14.2. The number of aromatic amines is 1. The predicted molar refractivity (Wildman–Crippen MR) is 268 cm³/mol. The van der Waals surface area contributed by atoms with Gasteiger partial charge in [-0.05, 0) is 171 Å². The second-order valence-electron chi connectivity index (χ2n) is 21.7. The molecule has 360 valence electrons. The van der Waals surface area contributed by atoms with Gasteiger partial charge < -0.3 is 30.0 Å². The molecule has 6 bridgehead atoms. The Bertz CT molecular complexity index is 2650. The van der Waals surface area contributed by atoms with Crippen molar-refractivity contribution < 1.29 is 23.9 Å². The van der Waals surface area contributed by atoms with Crippen molar-refractivity contribution in [2.75, 3.05) is 14.2 Å². The minimum atomic E-state index is -0.670. The summed E-state index contributed by atoms with van der Waals surface area (Å²) in [4.78, 5) is 57.5. The summed E-state index contributed by atoms with van der Waals surface area (Å²) in [6.45, 7) is 14.9. The largest absolute Gasteiger partial charge is 0.453 e. The number of allylic oxidation sites excluding steroid dienone is 1. The van der Waals surface area contributed by atoms with Gasteiger partial charge in [-0.25, -0.2) is 14.6 Å². The fourth-order valence-corrected chi connectivity index (χ4v) is 14.0. The van der Waals surface area contributed by atoms with E-state index in [9.17, 15) is 14.4 Å². The first-order chi connectivity index (χ1) is 32.7. The van der Waals surface area contributed by atoms with Crippen molar-refractivity contribution in [1.29, 1.82) is 0 Å². The van der Waals surface area contributed by atoms with Gasteiger partial charge in [0.25, 0.3) is 0 Å². The zero-order chi connectivity index (χ0) is 47.7. The fraction of sp³-hybridized carbons (Fsp3) is 0.554. The quantitative estimate of drug-likeness (QED) is 0.113. The van der Waals surface area contributed by atoms with Crippen molar-refractivity contribution in [2.45, 2.75) is 160 Å². The van der Waals surface area contributed by atoms with Crippen LogP contribution in [0.2, 0.25) is 0 Å². The van der Waals surface area contributed by atoms with Crippen LogP contribution in [0.15, 0.2) is 65.8 Å². The summed E-state index contributed by atoms with van der Waals surface area (Å²) >= 11 is 0. The molecule has 5 fully saturated rings. The van der Waals surface area contributed by atoms with Gasteiger partial charge in [-0.1, -0.05) is 70.2 Å². The van der Waals surface area contributed by atoms with Crippen LogP contribution in [0.4, 0.5) is 9.59 Å². The van der Waals surface area contributed by atoms with Gasteiger partial charge in [-0.3, -0.25) is 14.7 Å². The van der Waals surface area contributed by atoms with Gasteiger partial charge >= 0.3 is 12.2 Å². The first-order valence-corrected chi connectivity index (χ1v) is 25.5. The molecule has 1 aromatic heterocycles. The molecule has 12 heteroatoms. The second-order valence-corrected chi connectivity index (χ2v) is 21.7. The lowest BCUT2D eigenvalue weighted by Crippen LogP contribution is -2.58. The van der Waals surface area contributed by atoms with Crippen molar-refractivity contribution in [3.63, 3.8) is 0 Å². The number of aliphatic imine (C=N–C) groups is 1. The summed E-state index contributed by atoms with van der Waals surface area (Å²) in [5, 5.41) is 5.95. The minimum absolute atomic E-state index is 0.0194. The molecule has 4 aromatic rings. The van der Waals surface area contributed by atoms with Crippen molar-refractivity contribution in [2.24, 2.45) is 28.7 Å². The van der Waals surface area contributed by atoms with Gasteiger partial charge in [0.05, 0.1) is 37.3 Å². The third-order valence-electron chi connectivity index (χ3n) is 17.2. The number of ether oxygens (including phenoxy) is 2. The lowest BCUT2D eigenvalue weighted by molar-refractivity contribution is -0.139. The van der Waals surface area contributed by atoms with E-state index >= 15 is 0 Å². The zero-order valence-corrected chi connectivity index (χ0v) is 41.5. The molecule has 2 aliphatic heterocycles. The van der Waals surface area contributed by atoms with Crippen LogP contribution in [0.3, 0.4) is 0 Å². The van der Waals surface area contributed by atoms with E-state index in [0.29, 0.717) is 29.7 Å². The van der Waals surface area contributed by atoms with E-state index in [0.717, 1.165) is 47.4 Å². The van der Waals surface area contributed by atoms with Gasteiger partial charge in [-0.15, -0.1) is 0 Å². The number of H-pyrrole nitrogens is 1. The highest BCUT2D eigenvalue weighted by Crippen LogP contribution is 2.58. The maximum atomic E-state index is 14.2. The molecule has 3 amide bonds. The van der Waals surface area contributed by atoms with E-state index in [4.69, 9.17) is 19.5 Å². The molecule has 3 aromatic carbocycles. The molecule has 6 aliphatic rings. The molecule has 4 aliphatic carbocycles. The Morgan fingerprint density at radius 3 is 2.06 bits per heavy atom. The zero-order valence-electron chi connectivity index (χ0n) is 41.5. The number of hydrogen-bond donors (Lipinski definition) is 3. The van der Waals surface area contributed by atoms with Gasteiger partial charge in [0.15, 0.2) is 0 Å². The Kier molecular flexibility index (Phi) is 12.5. The second kappa shape index (κ2) is 18.4. The molecule has 3 heterocycles. The normalized spacial score (nSPS) is 27.6. The van der Waals surface area contributed by atoms with Crippen molar-refractivity contribution >= 4 is 40.4 Å². The van der Waals surface area contributed by atoms with E-state index in [1.54, 1.807) is 0 Å². The summed E-state index contributed by atoms with van der Waals surface area (Å²) in [7, 11) is 2.76. The molecular formula is C56H71N7O5. The standard InChI is InChI=1S/C56H71N7O5/c1-29(2)49(60-55(65)67-8)33(7)62-41-19-16-39(25-41)51(62)32(6)57-28-31(5)34-10-12-35(13-11-34)43-21-22-44(48-38-15-14-37(24-38)47(43)48)36-18-23-45-46(27-36)59-53(58-45)52-40-17-20-42(26-40)63(52)54(64)50(30(3)4)61-56(66)68-9/h10-13,18,21-23,27-30,33,37-42,49-52H,14-17,19-20,24-26H2,1-9H3,(H,58,59)(H,60,65)(H,61,66)/b31-28+,57-32+/t33?,37?,38?,39?,40?,41?,42?,49-,50-,51+,52-/m0/s1. The molecule has 2 saturated heterocycles. The third kappa shape index (κ3) is 8.11. The Morgan fingerprint density at radius 2 is 1.38 bits per heavy atom. The van der Waals surface area contributed by atoms with Gasteiger partial charge in [0.1, 0.15) is 11.9 Å². The number of aromatic nitrogens is 2. The number of carbonyl (C=O) groups excluding carboxylic acids is 3. The fourth-order valence-electron chi connectivity index (χ4n) is 14.0. The first-order valence-electron chi connectivity index (χ1n) is 25.5. The van der Waals surface area contributed by atoms with Crippen molar-refractivity contribution in [1.82, 2.24) is 30.4 Å². The summed E-state index contributed by atoms with van der Waals surface area (Å²) in [6.07, 6.45) is 11.4. The number of piperidine rings is 2. The van der Waals surface area contributed by atoms with E-state index in [1.165, 1.54) is 91.7 Å². The molecule has 68 heavy (non-hydrogen) atoms. The van der Waals surface area contributed by atoms with E-state index < -0.39 is 12.1 Å². The van der Waals surface area contributed by atoms with Crippen molar-refractivity contribution in [3.8, 4) is 22.3 Å². The highest BCUT2D eigenvalue weighted by Gasteiger charge is 2.52. The molecular weight excluding hydrogens is 851 g/mol. The molecule has 7 unspecified atom stereocenters. The average molecular weight is 922 g/mol. The number of alkyl carbamates (subject to hydrolysis) is 2. The number of benzene rings is 3. The molecule has 11 atom stereocenters. The Balaban J connectivity index is 0.888. The highest BCUT2D eigenvalue weighted by atomic mass is 16.5. The van der Waals surface area contributed by atoms with E-state index in [1.807, 2.05) is 18.7 Å². The predicted octanol–water partition coefficient (Wildman–Crippen LogP) is 11.1. The monoisotopic (exact) mass is 922 g/mol. The number of hydrogen-bond acceptors (Lipinski definition) is 8. The van der Waals surface area contributed by atoms with Crippen LogP contribution in [0.25, 0.3) is 38.9 Å². The summed E-state index contributed by atoms with van der Waals surface area (Å²) in [5.74, 6) is 2.97. The summed E-state index contributed by atoms with van der Waals surface area (Å²) in [6, 6.07) is 20.6. The van der Waals surface area contributed by atoms with Crippen LogP contribution < -0.4 is 10.6 Å². The molecule has 0 spiro atoms. The number of fused-ring (bicyclic) bond motifs is 10. The van der Waals surface area contributed by atoms with Crippen LogP contribution in [-0.2, 0) is 14.3 Å². The lowest BCUT2D eigenvalue weighted by atomic mass is 9.81. The first kappa shape index (κ1) is 46.2. The number of likely N-dealkylation sites (tertiary alicyclic amines) is 2. The van der Waals surface area contributed by atoms with Crippen LogP contribution >= 0.6 is 0 Å². The van der Waals surface area contributed by atoms with E-state index in [-0.39, 0.29) is 54.0 Å². The Hall–Kier alpha value is -5.49.